The molecule has 0 aliphatic carbocycles. The molecule has 0 spiro atoms. The lowest BCUT2D eigenvalue weighted by Crippen LogP contribution is -2.21. The van der Waals surface area contributed by atoms with Gasteiger partial charge in [0, 0.05) is 5.56 Å². The van der Waals surface area contributed by atoms with Gasteiger partial charge in [0.1, 0.15) is 0 Å². The van der Waals surface area contributed by atoms with E-state index in [1.807, 2.05) is 0 Å². The summed E-state index contributed by atoms with van der Waals surface area (Å²) in [5.74, 6) is -1.35. The second-order valence-electron chi connectivity index (χ2n) is 3.63. The minimum Gasteiger partial charge on any atom is -0.286 e. The van der Waals surface area contributed by atoms with Crippen LogP contribution >= 0.6 is 11.6 Å². The molecule has 0 bridgehead atoms. The molecule has 88 valence electrons. The van der Waals surface area contributed by atoms with Crippen molar-refractivity contribution in [1.82, 2.24) is 0 Å². The summed E-state index contributed by atoms with van der Waals surface area (Å²) in [5, 5.41) is -3.81. The lowest BCUT2D eigenvalue weighted by atomic mass is 10.0. The Morgan fingerprint density at radius 1 is 1.31 bits per heavy atom. The molecule has 1 aromatic carbocycles. The van der Waals surface area contributed by atoms with Gasteiger partial charge in [-0.25, -0.2) is 0 Å². The second kappa shape index (κ2) is 5.39. The highest BCUT2D eigenvalue weighted by atomic mass is 35.5. The zero-order chi connectivity index (χ0) is 12.2. The van der Waals surface area contributed by atoms with Crippen molar-refractivity contribution in [2.75, 3.05) is 0 Å². The van der Waals surface area contributed by atoms with Crippen molar-refractivity contribution >= 4 is 17.4 Å². The van der Waals surface area contributed by atoms with Crippen LogP contribution in [-0.4, -0.2) is 11.2 Å². The molecule has 0 aliphatic heterocycles. The quantitative estimate of drug-likeness (QED) is 0.566. The Kier molecular flexibility index (Phi) is 4.42. The number of rotatable bonds is 5. The Hall–Kier alpha value is -0.960. The minimum atomic E-state index is -3.81. The van der Waals surface area contributed by atoms with Crippen LogP contribution in [0.1, 0.15) is 35.7 Å². The summed E-state index contributed by atoms with van der Waals surface area (Å²) in [4.78, 5) is 11.1. The number of aryl methyl sites for hydroxylation is 1. The summed E-state index contributed by atoms with van der Waals surface area (Å²) in [6.07, 6.45) is 3.00. The summed E-state index contributed by atoms with van der Waals surface area (Å²) in [7, 11) is 0. The number of hydrogen-bond acceptors (Lipinski definition) is 1. The van der Waals surface area contributed by atoms with Gasteiger partial charge in [-0.2, -0.15) is 8.78 Å². The van der Waals surface area contributed by atoms with Crippen LogP contribution in [0.5, 0.6) is 0 Å². The second-order valence-corrected chi connectivity index (χ2v) is 4.10. The van der Waals surface area contributed by atoms with E-state index in [1.165, 1.54) is 12.1 Å². The molecule has 0 heterocycles. The van der Waals surface area contributed by atoms with Gasteiger partial charge in [0.25, 0.3) is 0 Å². The van der Waals surface area contributed by atoms with E-state index in [9.17, 15) is 13.6 Å². The number of benzene rings is 1. The van der Waals surface area contributed by atoms with E-state index in [-0.39, 0.29) is 5.56 Å². The van der Waals surface area contributed by atoms with Crippen LogP contribution in [0.15, 0.2) is 24.3 Å². The SMILES string of the molecule is CCCCc1ccc(C(=O)C(F)(F)Cl)cc1. The van der Waals surface area contributed by atoms with Gasteiger partial charge in [-0.1, -0.05) is 37.6 Å². The zero-order valence-corrected chi connectivity index (χ0v) is 9.73. The molecule has 0 atom stereocenters. The molecule has 1 nitrogen and oxygen atoms in total. The van der Waals surface area contributed by atoms with Crippen molar-refractivity contribution in [3.63, 3.8) is 0 Å². The van der Waals surface area contributed by atoms with E-state index < -0.39 is 11.2 Å². The van der Waals surface area contributed by atoms with Crippen molar-refractivity contribution in [2.45, 2.75) is 31.6 Å². The molecule has 0 aliphatic rings. The van der Waals surface area contributed by atoms with Crippen LogP contribution in [0.25, 0.3) is 0 Å². The van der Waals surface area contributed by atoms with Crippen LogP contribution in [0, 0.1) is 0 Å². The summed E-state index contributed by atoms with van der Waals surface area (Å²) in [5.41, 5.74) is 0.983. The van der Waals surface area contributed by atoms with Gasteiger partial charge in [-0.3, -0.25) is 4.79 Å². The molecule has 1 rings (SSSR count). The summed E-state index contributed by atoms with van der Waals surface area (Å²) in [6.45, 7) is 2.08. The largest absolute Gasteiger partial charge is 0.384 e. The molecule has 0 amide bonds. The minimum absolute atomic E-state index is 0.0553. The van der Waals surface area contributed by atoms with Crippen LogP contribution in [0.2, 0.25) is 0 Å². The monoisotopic (exact) mass is 246 g/mol. The molecule has 0 aromatic heterocycles. The molecule has 0 saturated carbocycles. The van der Waals surface area contributed by atoms with Crippen molar-refractivity contribution in [3.05, 3.63) is 35.4 Å². The van der Waals surface area contributed by atoms with Gasteiger partial charge in [0.05, 0.1) is 0 Å². The number of Topliss-reactive ketones (excluding diaryl/α,β-unsaturated/α-hetero) is 1. The highest BCUT2D eigenvalue weighted by molar-refractivity contribution is 6.35. The number of carbonyl (C=O) groups is 1. The van der Waals surface area contributed by atoms with Crippen LogP contribution in [0.4, 0.5) is 8.78 Å². The molecule has 1 aromatic rings. The number of hydrogen-bond donors (Lipinski definition) is 0. The average molecular weight is 247 g/mol. The third-order valence-corrected chi connectivity index (χ3v) is 2.46. The van der Waals surface area contributed by atoms with Crippen molar-refractivity contribution in [3.8, 4) is 0 Å². The van der Waals surface area contributed by atoms with E-state index in [4.69, 9.17) is 0 Å². The van der Waals surface area contributed by atoms with Gasteiger partial charge < -0.3 is 0 Å². The smallest absolute Gasteiger partial charge is 0.286 e. The Labute approximate surface area is 98.4 Å². The van der Waals surface area contributed by atoms with Crippen LogP contribution in [0.3, 0.4) is 0 Å². The van der Waals surface area contributed by atoms with Gasteiger partial charge in [-0.15, -0.1) is 0 Å². The first-order valence-corrected chi connectivity index (χ1v) is 5.53. The molecule has 0 unspecified atom stereocenters. The number of unbranched alkanes of at least 4 members (excludes halogenated alkanes) is 1. The lowest BCUT2D eigenvalue weighted by Gasteiger charge is -2.07. The third-order valence-electron chi connectivity index (χ3n) is 2.29. The maximum absolute atomic E-state index is 12.5. The summed E-state index contributed by atoms with van der Waals surface area (Å²) >= 11 is 4.66. The summed E-state index contributed by atoms with van der Waals surface area (Å²) in [6, 6.07) is 6.16. The Bertz CT molecular complexity index is 354. The first-order valence-electron chi connectivity index (χ1n) is 5.15. The van der Waals surface area contributed by atoms with E-state index >= 15 is 0 Å². The van der Waals surface area contributed by atoms with Gasteiger partial charge in [0.2, 0.25) is 5.78 Å². The van der Waals surface area contributed by atoms with Crippen LogP contribution < -0.4 is 0 Å². The maximum atomic E-state index is 12.5. The average Bonchev–Trinajstić information content (AvgIpc) is 2.25. The molecule has 0 N–H and O–H groups in total. The fourth-order valence-electron chi connectivity index (χ4n) is 1.37. The Morgan fingerprint density at radius 3 is 2.31 bits per heavy atom. The molecule has 4 heteroatoms. The zero-order valence-electron chi connectivity index (χ0n) is 8.97. The highest BCUT2D eigenvalue weighted by Crippen LogP contribution is 2.24. The van der Waals surface area contributed by atoms with E-state index in [1.54, 1.807) is 12.1 Å². The third kappa shape index (κ3) is 3.56. The highest BCUT2D eigenvalue weighted by Gasteiger charge is 2.36. The van der Waals surface area contributed by atoms with E-state index in [2.05, 4.69) is 18.5 Å². The number of carbonyl (C=O) groups excluding carboxylic acids is 1. The van der Waals surface area contributed by atoms with Crippen molar-refractivity contribution in [1.29, 1.82) is 0 Å². The standard InChI is InChI=1S/C12H13ClF2O/c1-2-3-4-9-5-7-10(8-6-9)11(16)12(13,14)15/h5-8H,2-4H2,1H3. The number of ketones is 1. The Balaban J connectivity index is 2.75. The summed E-state index contributed by atoms with van der Waals surface area (Å²) < 4.78 is 25.0. The van der Waals surface area contributed by atoms with Crippen molar-refractivity contribution < 1.29 is 13.6 Å². The molecule has 0 fully saturated rings. The van der Waals surface area contributed by atoms with E-state index in [0.717, 1.165) is 24.8 Å². The number of halogens is 3. The predicted molar refractivity (Wildman–Crippen MR) is 60.2 cm³/mol. The predicted octanol–water partition coefficient (Wildman–Crippen LogP) is 4.04. The topological polar surface area (TPSA) is 17.1 Å². The molecule has 0 radical (unpaired) electrons. The van der Waals surface area contributed by atoms with E-state index in [0.29, 0.717) is 0 Å². The van der Waals surface area contributed by atoms with Gasteiger partial charge in [0.15, 0.2) is 0 Å². The van der Waals surface area contributed by atoms with Crippen LogP contribution in [-0.2, 0) is 6.42 Å². The first kappa shape index (κ1) is 13.1. The maximum Gasteiger partial charge on any atom is 0.384 e. The fourth-order valence-corrected chi connectivity index (χ4v) is 1.48. The van der Waals surface area contributed by atoms with Gasteiger partial charge >= 0.3 is 5.38 Å². The fraction of sp³-hybridized carbons (Fsp3) is 0.417. The molecular weight excluding hydrogens is 234 g/mol. The first-order chi connectivity index (χ1) is 7.45. The Morgan fingerprint density at radius 2 is 1.88 bits per heavy atom. The molecular formula is C12H13ClF2O. The number of alkyl halides is 3. The van der Waals surface area contributed by atoms with Crippen molar-refractivity contribution in [2.24, 2.45) is 0 Å². The van der Waals surface area contributed by atoms with Gasteiger partial charge in [-0.05, 0) is 30.0 Å². The normalized spacial score (nSPS) is 11.5. The molecule has 0 saturated heterocycles. The molecule has 16 heavy (non-hydrogen) atoms. The lowest BCUT2D eigenvalue weighted by molar-refractivity contribution is 0.0536.